The second-order valence-corrected chi connectivity index (χ2v) is 4.01. The lowest BCUT2D eigenvalue weighted by atomic mass is 9.86. The van der Waals surface area contributed by atoms with Gasteiger partial charge in [-0.2, -0.15) is 0 Å². The van der Waals surface area contributed by atoms with Crippen LogP contribution in [0.2, 0.25) is 0 Å². The van der Waals surface area contributed by atoms with E-state index in [9.17, 15) is 0 Å². The molecule has 0 amide bonds. The van der Waals surface area contributed by atoms with Gasteiger partial charge in [0.1, 0.15) is 0 Å². The van der Waals surface area contributed by atoms with Crippen LogP contribution in [0, 0.1) is 11.8 Å². The first kappa shape index (κ1) is 8.63. The Bertz CT molecular complexity index is 179. The minimum atomic E-state index is 0.634. The van der Waals surface area contributed by atoms with Crippen LogP contribution in [0.1, 0.15) is 34.6 Å². The maximum absolute atomic E-state index is 3.48. The Labute approximate surface area is 69.9 Å². The van der Waals surface area contributed by atoms with Crippen LogP contribution in [0.5, 0.6) is 0 Å². The quantitative estimate of drug-likeness (QED) is 0.610. The molecule has 0 aromatic carbocycles. The summed E-state index contributed by atoms with van der Waals surface area (Å²) in [5.74, 6) is 1.50. The van der Waals surface area contributed by atoms with Gasteiger partial charge in [-0.15, -0.1) is 0 Å². The second-order valence-electron chi connectivity index (χ2n) is 4.01. The van der Waals surface area contributed by atoms with Gasteiger partial charge in [-0.25, -0.2) is 0 Å². The smallest absolute Gasteiger partial charge is 0.0298 e. The van der Waals surface area contributed by atoms with E-state index >= 15 is 0 Å². The van der Waals surface area contributed by atoms with Crippen molar-refractivity contribution < 1.29 is 0 Å². The van der Waals surface area contributed by atoms with Gasteiger partial charge in [0, 0.05) is 17.7 Å². The molecular weight excluding hydrogens is 134 g/mol. The molecule has 1 N–H and O–H groups in total. The minimum absolute atomic E-state index is 0.634. The van der Waals surface area contributed by atoms with Gasteiger partial charge >= 0.3 is 0 Å². The first-order valence-corrected chi connectivity index (χ1v) is 4.48. The van der Waals surface area contributed by atoms with E-state index in [1.165, 1.54) is 5.70 Å². The number of hydrogen-bond donors (Lipinski definition) is 1. The lowest BCUT2D eigenvalue weighted by Crippen LogP contribution is -2.27. The summed E-state index contributed by atoms with van der Waals surface area (Å²) < 4.78 is 0. The Kier molecular flexibility index (Phi) is 2.26. The van der Waals surface area contributed by atoms with Crippen molar-refractivity contribution in [1.29, 1.82) is 0 Å². The second kappa shape index (κ2) is 2.88. The molecule has 0 spiro atoms. The standard InChI is InChI=1S/C10H19N/c1-6(2)10-7(3)8(4)11-9(10)5/h6,9-11H,1-5H3. The summed E-state index contributed by atoms with van der Waals surface area (Å²) in [5.41, 5.74) is 2.93. The van der Waals surface area contributed by atoms with Crippen LogP contribution in [-0.4, -0.2) is 6.04 Å². The summed E-state index contributed by atoms with van der Waals surface area (Å²) in [6.07, 6.45) is 0. The summed E-state index contributed by atoms with van der Waals surface area (Å²) in [5, 5.41) is 3.48. The molecule has 0 radical (unpaired) electrons. The van der Waals surface area contributed by atoms with Crippen LogP contribution in [0.3, 0.4) is 0 Å². The fourth-order valence-electron chi connectivity index (χ4n) is 2.25. The molecule has 0 bridgehead atoms. The number of nitrogens with one attached hydrogen (secondary N) is 1. The Hall–Kier alpha value is -0.460. The maximum Gasteiger partial charge on any atom is 0.0298 e. The molecule has 0 fully saturated rings. The molecule has 0 aliphatic carbocycles. The fourth-order valence-corrected chi connectivity index (χ4v) is 2.25. The topological polar surface area (TPSA) is 12.0 Å². The molecule has 1 heteroatoms. The molecule has 1 nitrogen and oxygen atoms in total. The highest BCUT2D eigenvalue weighted by molar-refractivity contribution is 5.21. The van der Waals surface area contributed by atoms with E-state index in [0.29, 0.717) is 6.04 Å². The molecule has 0 saturated carbocycles. The van der Waals surface area contributed by atoms with Crippen molar-refractivity contribution in [3.8, 4) is 0 Å². The summed E-state index contributed by atoms with van der Waals surface area (Å²) in [6.45, 7) is 11.3. The highest BCUT2D eigenvalue weighted by atomic mass is 15.0. The number of rotatable bonds is 1. The van der Waals surface area contributed by atoms with E-state index in [-0.39, 0.29) is 0 Å². The average molecular weight is 153 g/mol. The highest BCUT2D eigenvalue weighted by Crippen LogP contribution is 2.30. The third-order valence-electron chi connectivity index (χ3n) is 2.79. The van der Waals surface area contributed by atoms with E-state index in [1.54, 1.807) is 5.57 Å². The molecule has 1 aliphatic heterocycles. The molecular formula is C10H19N. The van der Waals surface area contributed by atoms with Crippen LogP contribution in [0.25, 0.3) is 0 Å². The summed E-state index contributed by atoms with van der Waals surface area (Å²) in [4.78, 5) is 0. The molecule has 1 rings (SSSR count). The van der Waals surface area contributed by atoms with Crippen molar-refractivity contribution in [3.05, 3.63) is 11.3 Å². The molecule has 0 saturated heterocycles. The fraction of sp³-hybridized carbons (Fsp3) is 0.800. The van der Waals surface area contributed by atoms with E-state index < -0.39 is 0 Å². The van der Waals surface area contributed by atoms with Crippen LogP contribution in [0.4, 0.5) is 0 Å². The maximum atomic E-state index is 3.48. The predicted octanol–water partition coefficient (Wildman–Crippen LogP) is 2.54. The SMILES string of the molecule is CC1=C(C)C(C(C)C)C(C)N1. The molecule has 0 aromatic rings. The first-order valence-electron chi connectivity index (χ1n) is 4.48. The average Bonchev–Trinajstić information content (AvgIpc) is 2.07. The first-order chi connectivity index (χ1) is 5.04. The van der Waals surface area contributed by atoms with Gasteiger partial charge in [0.25, 0.3) is 0 Å². The Morgan fingerprint density at radius 1 is 1.27 bits per heavy atom. The van der Waals surface area contributed by atoms with Gasteiger partial charge in [0.2, 0.25) is 0 Å². The van der Waals surface area contributed by atoms with Crippen molar-refractivity contribution in [2.24, 2.45) is 11.8 Å². The summed E-state index contributed by atoms with van der Waals surface area (Å²) >= 11 is 0. The van der Waals surface area contributed by atoms with Crippen molar-refractivity contribution in [2.75, 3.05) is 0 Å². The van der Waals surface area contributed by atoms with Crippen LogP contribution < -0.4 is 5.32 Å². The predicted molar refractivity (Wildman–Crippen MR) is 49.3 cm³/mol. The zero-order valence-corrected chi connectivity index (χ0v) is 8.23. The van der Waals surface area contributed by atoms with Gasteiger partial charge in [-0.3, -0.25) is 0 Å². The van der Waals surface area contributed by atoms with Crippen molar-refractivity contribution in [1.82, 2.24) is 5.32 Å². The van der Waals surface area contributed by atoms with Gasteiger partial charge < -0.3 is 5.32 Å². The summed E-state index contributed by atoms with van der Waals surface area (Å²) in [6, 6.07) is 0.634. The highest BCUT2D eigenvalue weighted by Gasteiger charge is 2.28. The lowest BCUT2D eigenvalue weighted by molar-refractivity contribution is 0.383. The van der Waals surface area contributed by atoms with Gasteiger partial charge in [0.05, 0.1) is 0 Å². The lowest BCUT2D eigenvalue weighted by Gasteiger charge is -2.21. The minimum Gasteiger partial charge on any atom is -0.386 e. The normalized spacial score (nSPS) is 31.5. The van der Waals surface area contributed by atoms with Crippen LogP contribution in [-0.2, 0) is 0 Å². The molecule has 11 heavy (non-hydrogen) atoms. The largest absolute Gasteiger partial charge is 0.386 e. The van der Waals surface area contributed by atoms with Gasteiger partial charge in [-0.05, 0) is 32.3 Å². The molecule has 0 aromatic heterocycles. The zero-order valence-electron chi connectivity index (χ0n) is 8.23. The molecule has 1 heterocycles. The van der Waals surface area contributed by atoms with Gasteiger partial charge in [-0.1, -0.05) is 13.8 Å². The molecule has 2 atom stereocenters. The monoisotopic (exact) mass is 153 g/mol. The third kappa shape index (κ3) is 1.42. The van der Waals surface area contributed by atoms with Crippen LogP contribution >= 0.6 is 0 Å². The van der Waals surface area contributed by atoms with Crippen molar-refractivity contribution >= 4 is 0 Å². The van der Waals surface area contributed by atoms with E-state index in [0.717, 1.165) is 11.8 Å². The van der Waals surface area contributed by atoms with Crippen molar-refractivity contribution in [3.63, 3.8) is 0 Å². The number of allylic oxidation sites excluding steroid dienone is 1. The molecule has 1 aliphatic rings. The summed E-state index contributed by atoms with van der Waals surface area (Å²) in [7, 11) is 0. The third-order valence-corrected chi connectivity index (χ3v) is 2.79. The van der Waals surface area contributed by atoms with Gasteiger partial charge in [0.15, 0.2) is 0 Å². The number of hydrogen-bond acceptors (Lipinski definition) is 1. The van der Waals surface area contributed by atoms with Crippen LogP contribution in [0.15, 0.2) is 11.3 Å². The van der Waals surface area contributed by atoms with Crippen molar-refractivity contribution in [2.45, 2.75) is 40.7 Å². The Morgan fingerprint density at radius 3 is 2.00 bits per heavy atom. The molecule has 64 valence electrons. The van der Waals surface area contributed by atoms with E-state index in [2.05, 4.69) is 39.9 Å². The van der Waals surface area contributed by atoms with E-state index in [4.69, 9.17) is 0 Å². The molecule has 2 unspecified atom stereocenters. The zero-order chi connectivity index (χ0) is 8.59. The Balaban J connectivity index is 2.79. The Morgan fingerprint density at radius 2 is 1.82 bits per heavy atom. The van der Waals surface area contributed by atoms with E-state index in [1.807, 2.05) is 0 Å².